The lowest BCUT2D eigenvalue weighted by molar-refractivity contribution is -0.101. The molecule has 1 aliphatic carbocycles. The number of hydrogen-bond acceptors (Lipinski definition) is 3. The summed E-state index contributed by atoms with van der Waals surface area (Å²) in [5.41, 5.74) is 0.0117. The number of likely N-dealkylation sites (N-methyl/N-ethyl adjacent to an activating group) is 1. The van der Waals surface area contributed by atoms with E-state index in [0.29, 0.717) is 6.04 Å². The number of hydrogen-bond donors (Lipinski definition) is 1. The third-order valence-electron chi connectivity index (χ3n) is 3.45. The van der Waals surface area contributed by atoms with Crippen LogP contribution in [0.25, 0.3) is 0 Å². The molecule has 1 aliphatic rings. The Balaban J connectivity index is 2.67. The van der Waals surface area contributed by atoms with Crippen LogP contribution in [0, 0.1) is 0 Å². The van der Waals surface area contributed by atoms with Crippen molar-refractivity contribution in [2.75, 3.05) is 27.4 Å². The van der Waals surface area contributed by atoms with Gasteiger partial charge in [-0.1, -0.05) is 19.3 Å². The van der Waals surface area contributed by atoms with Crippen molar-refractivity contribution in [2.24, 2.45) is 0 Å². The van der Waals surface area contributed by atoms with Crippen molar-refractivity contribution in [3.8, 4) is 0 Å². The van der Waals surface area contributed by atoms with Gasteiger partial charge in [-0.25, -0.2) is 0 Å². The molecule has 0 amide bonds. The highest BCUT2D eigenvalue weighted by Gasteiger charge is 2.39. The van der Waals surface area contributed by atoms with Crippen LogP contribution in [0.15, 0.2) is 0 Å². The molecule has 0 bridgehead atoms. The van der Waals surface area contributed by atoms with Gasteiger partial charge in [-0.3, -0.25) is 0 Å². The molecule has 0 aromatic carbocycles. The second kappa shape index (κ2) is 6.46. The van der Waals surface area contributed by atoms with Crippen LogP contribution in [0.3, 0.4) is 0 Å². The Bertz CT molecular complexity index is 161. The summed E-state index contributed by atoms with van der Waals surface area (Å²) in [5.74, 6) is 0. The summed E-state index contributed by atoms with van der Waals surface area (Å²) in [6.07, 6.45) is 6.23. The fraction of sp³-hybridized carbons (Fsp3) is 1.00. The molecule has 1 atom stereocenters. The van der Waals surface area contributed by atoms with E-state index in [1.807, 2.05) is 7.05 Å². The zero-order chi connectivity index (χ0) is 11.1. The van der Waals surface area contributed by atoms with Gasteiger partial charge in [-0.15, -0.1) is 0 Å². The smallest absolute Gasteiger partial charge is 0.0857 e. The summed E-state index contributed by atoms with van der Waals surface area (Å²) in [6, 6.07) is 0.322. The molecule has 0 aliphatic heterocycles. The summed E-state index contributed by atoms with van der Waals surface area (Å²) in [4.78, 5) is 0. The van der Waals surface area contributed by atoms with E-state index in [-0.39, 0.29) is 5.60 Å². The van der Waals surface area contributed by atoms with E-state index in [9.17, 15) is 0 Å². The Morgan fingerprint density at radius 2 is 1.93 bits per heavy atom. The first-order valence-electron chi connectivity index (χ1n) is 6.09. The average Bonchev–Trinajstić information content (AvgIpc) is 2.27. The van der Waals surface area contributed by atoms with Crippen LogP contribution < -0.4 is 5.32 Å². The quantitative estimate of drug-likeness (QED) is 0.734. The molecule has 3 heteroatoms. The van der Waals surface area contributed by atoms with Crippen molar-refractivity contribution >= 4 is 0 Å². The lowest BCUT2D eigenvalue weighted by Gasteiger charge is -2.43. The predicted molar refractivity (Wildman–Crippen MR) is 62.2 cm³/mol. The van der Waals surface area contributed by atoms with Gasteiger partial charge in [0.2, 0.25) is 0 Å². The summed E-state index contributed by atoms with van der Waals surface area (Å²) >= 11 is 0. The van der Waals surface area contributed by atoms with Crippen LogP contribution >= 0.6 is 0 Å². The molecule has 0 aromatic heterocycles. The van der Waals surface area contributed by atoms with Crippen LogP contribution in [0.5, 0.6) is 0 Å². The van der Waals surface area contributed by atoms with E-state index in [4.69, 9.17) is 9.47 Å². The maximum Gasteiger partial charge on any atom is 0.0857 e. The Labute approximate surface area is 93.5 Å². The van der Waals surface area contributed by atoms with Crippen molar-refractivity contribution < 1.29 is 9.47 Å². The number of methoxy groups -OCH3 is 1. The first-order chi connectivity index (χ1) is 7.29. The lowest BCUT2D eigenvalue weighted by atomic mass is 9.79. The summed E-state index contributed by atoms with van der Waals surface area (Å²) in [5, 5.41) is 3.35. The van der Waals surface area contributed by atoms with Crippen molar-refractivity contribution in [3.05, 3.63) is 0 Å². The second-order valence-electron chi connectivity index (χ2n) is 4.36. The maximum atomic E-state index is 6.03. The fourth-order valence-corrected chi connectivity index (χ4v) is 2.70. The van der Waals surface area contributed by atoms with Crippen LogP contribution in [-0.2, 0) is 9.47 Å². The second-order valence-corrected chi connectivity index (χ2v) is 4.36. The maximum absolute atomic E-state index is 6.03. The zero-order valence-electron chi connectivity index (χ0n) is 10.3. The number of rotatable bonds is 6. The van der Waals surface area contributed by atoms with Crippen LogP contribution in [0.4, 0.5) is 0 Å². The Morgan fingerprint density at radius 1 is 1.27 bits per heavy atom. The molecule has 0 spiro atoms. The molecule has 3 nitrogen and oxygen atoms in total. The van der Waals surface area contributed by atoms with Crippen molar-refractivity contribution in [1.82, 2.24) is 5.32 Å². The van der Waals surface area contributed by atoms with Gasteiger partial charge in [0.1, 0.15) is 0 Å². The summed E-state index contributed by atoms with van der Waals surface area (Å²) < 4.78 is 11.3. The largest absolute Gasteiger partial charge is 0.383 e. The molecule has 90 valence electrons. The summed E-state index contributed by atoms with van der Waals surface area (Å²) in [7, 11) is 3.76. The molecule has 1 rings (SSSR count). The predicted octanol–water partition coefficient (Wildman–Crippen LogP) is 1.96. The Hall–Kier alpha value is -0.120. The molecule has 15 heavy (non-hydrogen) atoms. The average molecular weight is 215 g/mol. The normalized spacial score (nSPS) is 22.6. The van der Waals surface area contributed by atoms with E-state index in [0.717, 1.165) is 26.1 Å². The molecule has 0 aromatic rings. The molecular formula is C12H25NO2. The van der Waals surface area contributed by atoms with E-state index in [1.165, 1.54) is 19.3 Å². The highest BCUT2D eigenvalue weighted by Crippen LogP contribution is 2.34. The molecule has 0 heterocycles. The van der Waals surface area contributed by atoms with Crippen LogP contribution in [-0.4, -0.2) is 39.0 Å². The first kappa shape index (κ1) is 12.9. The van der Waals surface area contributed by atoms with Crippen LogP contribution in [0.2, 0.25) is 0 Å². The van der Waals surface area contributed by atoms with E-state index in [1.54, 1.807) is 7.11 Å². The molecule has 1 saturated carbocycles. The third-order valence-corrected chi connectivity index (χ3v) is 3.45. The zero-order valence-corrected chi connectivity index (χ0v) is 10.3. The number of nitrogens with one attached hydrogen (secondary N) is 1. The Kier molecular flexibility index (Phi) is 5.58. The minimum atomic E-state index is 0.0117. The SMILES string of the molecule is CCOC1(C(COC)NC)CCCCC1. The Morgan fingerprint density at radius 3 is 2.40 bits per heavy atom. The van der Waals surface area contributed by atoms with Crippen molar-refractivity contribution in [3.63, 3.8) is 0 Å². The highest BCUT2D eigenvalue weighted by molar-refractivity contribution is 4.95. The fourth-order valence-electron chi connectivity index (χ4n) is 2.70. The molecule has 1 unspecified atom stereocenters. The minimum Gasteiger partial charge on any atom is -0.383 e. The monoisotopic (exact) mass is 215 g/mol. The van der Waals surface area contributed by atoms with E-state index < -0.39 is 0 Å². The van der Waals surface area contributed by atoms with Crippen LogP contribution in [0.1, 0.15) is 39.0 Å². The van der Waals surface area contributed by atoms with Gasteiger partial charge in [0.05, 0.1) is 18.2 Å². The van der Waals surface area contributed by atoms with Crippen molar-refractivity contribution in [2.45, 2.75) is 50.7 Å². The van der Waals surface area contributed by atoms with E-state index >= 15 is 0 Å². The molecule has 0 radical (unpaired) electrons. The van der Waals surface area contributed by atoms with E-state index in [2.05, 4.69) is 12.2 Å². The third kappa shape index (κ3) is 3.16. The van der Waals surface area contributed by atoms with Gasteiger partial charge in [-0.05, 0) is 26.8 Å². The molecular weight excluding hydrogens is 190 g/mol. The standard InChI is InChI=1S/C12H25NO2/c1-4-15-12(8-6-5-7-9-12)11(13-2)10-14-3/h11,13H,4-10H2,1-3H3. The van der Waals surface area contributed by atoms with Gasteiger partial charge in [-0.2, -0.15) is 0 Å². The summed E-state index contributed by atoms with van der Waals surface area (Å²) in [6.45, 7) is 3.61. The first-order valence-corrected chi connectivity index (χ1v) is 6.09. The molecule has 1 N–H and O–H groups in total. The molecule has 0 saturated heterocycles. The topological polar surface area (TPSA) is 30.5 Å². The van der Waals surface area contributed by atoms with Gasteiger partial charge in [0.15, 0.2) is 0 Å². The molecule has 1 fully saturated rings. The van der Waals surface area contributed by atoms with Gasteiger partial charge in [0, 0.05) is 13.7 Å². The van der Waals surface area contributed by atoms with Gasteiger partial charge in [0.25, 0.3) is 0 Å². The minimum absolute atomic E-state index is 0.0117. The van der Waals surface area contributed by atoms with Gasteiger partial charge < -0.3 is 14.8 Å². The van der Waals surface area contributed by atoms with Crippen molar-refractivity contribution in [1.29, 1.82) is 0 Å². The lowest BCUT2D eigenvalue weighted by Crippen LogP contribution is -2.54. The van der Waals surface area contributed by atoms with Gasteiger partial charge >= 0.3 is 0 Å². The highest BCUT2D eigenvalue weighted by atomic mass is 16.5. The number of ether oxygens (including phenoxy) is 2.